The van der Waals surface area contributed by atoms with E-state index in [-0.39, 0.29) is 11.6 Å². The minimum Gasteiger partial charge on any atom is -0.455 e. The molecule has 116 valence electrons. The van der Waals surface area contributed by atoms with E-state index in [1.165, 1.54) is 70.3 Å². The highest BCUT2D eigenvalue weighted by Crippen LogP contribution is 2.63. The zero-order valence-electron chi connectivity index (χ0n) is 13.1. The molecule has 0 saturated heterocycles. The number of esters is 1. The highest BCUT2D eigenvalue weighted by Gasteiger charge is 2.62. The lowest BCUT2D eigenvalue weighted by Crippen LogP contribution is -2.63. The van der Waals surface area contributed by atoms with Crippen molar-refractivity contribution in [2.45, 2.75) is 69.8 Å². The third kappa shape index (κ3) is 2.09. The summed E-state index contributed by atoms with van der Waals surface area (Å²) in [5, 5.41) is 0. The molecule has 0 spiro atoms. The van der Waals surface area contributed by atoms with Crippen LogP contribution in [-0.2, 0) is 9.53 Å². The summed E-state index contributed by atoms with van der Waals surface area (Å²) < 4.78 is 6.25. The van der Waals surface area contributed by atoms with Gasteiger partial charge < -0.3 is 4.74 Å². The fraction of sp³-hybridized carbons (Fsp3) is 0.842. The van der Waals surface area contributed by atoms with Crippen LogP contribution in [0.4, 0.5) is 0 Å². The Balaban J connectivity index is 1.69. The van der Waals surface area contributed by atoms with E-state index in [1.807, 2.05) is 0 Å². The summed E-state index contributed by atoms with van der Waals surface area (Å²) in [6, 6.07) is 0. The molecule has 0 heterocycles. The molecule has 21 heavy (non-hydrogen) atoms. The van der Waals surface area contributed by atoms with E-state index in [0.29, 0.717) is 17.8 Å². The van der Waals surface area contributed by atoms with Crippen molar-refractivity contribution in [3.8, 4) is 0 Å². The predicted octanol–water partition coefficient (Wildman–Crippen LogP) is 4.49. The quantitative estimate of drug-likeness (QED) is 0.565. The summed E-state index contributed by atoms with van der Waals surface area (Å²) in [5.74, 6) is 3.57. The summed E-state index contributed by atoms with van der Waals surface area (Å²) in [6.45, 7) is 3.65. The molecule has 0 unspecified atom stereocenters. The first kappa shape index (κ1) is 13.8. The van der Waals surface area contributed by atoms with E-state index >= 15 is 0 Å². The fourth-order valence-electron chi connectivity index (χ4n) is 6.61. The first-order valence-electron chi connectivity index (χ1n) is 9.07. The van der Waals surface area contributed by atoms with Gasteiger partial charge in [-0.1, -0.05) is 25.8 Å². The minimum absolute atomic E-state index is 0.126. The van der Waals surface area contributed by atoms with E-state index in [9.17, 15) is 4.79 Å². The zero-order valence-corrected chi connectivity index (χ0v) is 13.1. The molecule has 5 fully saturated rings. The molecule has 2 heteroatoms. The normalized spacial score (nSPS) is 45.5. The molecule has 0 amide bonds. The van der Waals surface area contributed by atoms with E-state index < -0.39 is 0 Å². The Kier molecular flexibility index (Phi) is 3.39. The number of hydrogen-bond acceptors (Lipinski definition) is 2. The molecule has 0 aliphatic heterocycles. The number of carbonyl (C=O) groups excluding carboxylic acids is 1. The van der Waals surface area contributed by atoms with Crippen molar-refractivity contribution in [2.75, 3.05) is 0 Å². The lowest BCUT2D eigenvalue weighted by molar-refractivity contribution is -0.228. The van der Waals surface area contributed by atoms with E-state index in [0.717, 1.165) is 11.8 Å². The minimum atomic E-state index is -0.173. The molecule has 0 aromatic carbocycles. The first-order valence-corrected chi connectivity index (χ1v) is 9.07. The van der Waals surface area contributed by atoms with Crippen LogP contribution in [-0.4, -0.2) is 11.6 Å². The molecular formula is C19H28O2. The van der Waals surface area contributed by atoms with Gasteiger partial charge >= 0.3 is 5.97 Å². The van der Waals surface area contributed by atoms with Crippen molar-refractivity contribution in [3.63, 3.8) is 0 Å². The van der Waals surface area contributed by atoms with Crippen LogP contribution in [0.15, 0.2) is 12.7 Å². The molecule has 0 radical (unpaired) electrons. The summed E-state index contributed by atoms with van der Waals surface area (Å²) in [5.41, 5.74) is -0.126. The van der Waals surface area contributed by atoms with Gasteiger partial charge in [0.15, 0.2) is 0 Å². The van der Waals surface area contributed by atoms with Gasteiger partial charge in [-0.15, -0.1) is 0 Å². The van der Waals surface area contributed by atoms with E-state index in [2.05, 4.69) is 6.58 Å². The Labute approximate surface area is 128 Å². The van der Waals surface area contributed by atoms with Gasteiger partial charge in [0.1, 0.15) is 5.60 Å². The maximum absolute atomic E-state index is 12.1. The molecule has 2 nitrogen and oxygen atoms in total. The number of rotatable bonds is 3. The average Bonchev–Trinajstić information content (AvgIpc) is 2.51. The van der Waals surface area contributed by atoms with Crippen molar-refractivity contribution < 1.29 is 9.53 Å². The number of carbonyl (C=O) groups is 1. The Morgan fingerprint density at radius 1 is 0.905 bits per heavy atom. The second-order valence-electron chi connectivity index (χ2n) is 8.12. The SMILES string of the molecule is C=CC(=O)OC1(C2CCCCC2)C2CC3CC(C2)CC1C3. The monoisotopic (exact) mass is 288 g/mol. The van der Waals surface area contributed by atoms with Crippen LogP contribution in [0.1, 0.15) is 64.2 Å². The van der Waals surface area contributed by atoms with Gasteiger partial charge in [-0.2, -0.15) is 0 Å². The standard InChI is InChI=1S/C19H28O2/c1-2-18(20)21-19(15-6-4-3-5-7-15)16-9-13-8-14(11-16)12-17(19)10-13/h2,13-17H,1,3-12H2. The number of hydrogen-bond donors (Lipinski definition) is 0. The number of ether oxygens (including phenoxy) is 1. The van der Waals surface area contributed by atoms with Crippen LogP contribution < -0.4 is 0 Å². The van der Waals surface area contributed by atoms with E-state index in [1.54, 1.807) is 0 Å². The maximum Gasteiger partial charge on any atom is 0.330 e. The predicted molar refractivity (Wildman–Crippen MR) is 82.6 cm³/mol. The van der Waals surface area contributed by atoms with Gasteiger partial charge in [-0.3, -0.25) is 0 Å². The second-order valence-corrected chi connectivity index (χ2v) is 8.12. The van der Waals surface area contributed by atoms with Crippen molar-refractivity contribution in [1.29, 1.82) is 0 Å². The van der Waals surface area contributed by atoms with Crippen molar-refractivity contribution in [3.05, 3.63) is 12.7 Å². The van der Waals surface area contributed by atoms with Gasteiger partial charge in [-0.05, 0) is 74.5 Å². The van der Waals surface area contributed by atoms with Gasteiger partial charge in [0, 0.05) is 6.08 Å². The van der Waals surface area contributed by atoms with Crippen molar-refractivity contribution in [2.24, 2.45) is 29.6 Å². The summed E-state index contributed by atoms with van der Waals surface area (Å²) in [7, 11) is 0. The fourth-order valence-corrected chi connectivity index (χ4v) is 6.61. The Hall–Kier alpha value is -0.790. The smallest absolute Gasteiger partial charge is 0.330 e. The Bertz CT molecular complexity index is 399. The van der Waals surface area contributed by atoms with Gasteiger partial charge in [-0.25, -0.2) is 4.79 Å². The second kappa shape index (κ2) is 5.14. The van der Waals surface area contributed by atoms with Crippen LogP contribution in [0, 0.1) is 29.6 Å². The molecular weight excluding hydrogens is 260 g/mol. The molecule has 5 aliphatic rings. The molecule has 0 N–H and O–H groups in total. The Morgan fingerprint density at radius 3 is 2.00 bits per heavy atom. The Morgan fingerprint density at radius 2 is 1.48 bits per heavy atom. The molecule has 5 aliphatic carbocycles. The third-order valence-electron chi connectivity index (χ3n) is 7.10. The van der Waals surface area contributed by atoms with Gasteiger partial charge in [0.25, 0.3) is 0 Å². The molecule has 0 aromatic heterocycles. The highest BCUT2D eigenvalue weighted by molar-refractivity contribution is 5.81. The van der Waals surface area contributed by atoms with Crippen LogP contribution in [0.25, 0.3) is 0 Å². The maximum atomic E-state index is 12.1. The van der Waals surface area contributed by atoms with Gasteiger partial charge in [0.05, 0.1) is 0 Å². The summed E-state index contributed by atoms with van der Waals surface area (Å²) in [4.78, 5) is 12.1. The zero-order chi connectivity index (χ0) is 14.4. The van der Waals surface area contributed by atoms with Crippen LogP contribution in [0.2, 0.25) is 0 Å². The summed E-state index contributed by atoms with van der Waals surface area (Å²) in [6.07, 6.45) is 14.6. The molecule has 4 bridgehead atoms. The van der Waals surface area contributed by atoms with Crippen LogP contribution in [0.5, 0.6) is 0 Å². The molecule has 5 rings (SSSR count). The van der Waals surface area contributed by atoms with Crippen LogP contribution in [0.3, 0.4) is 0 Å². The largest absolute Gasteiger partial charge is 0.455 e. The van der Waals surface area contributed by atoms with E-state index in [4.69, 9.17) is 4.74 Å². The highest BCUT2D eigenvalue weighted by atomic mass is 16.6. The molecule has 5 saturated carbocycles. The van der Waals surface area contributed by atoms with Crippen LogP contribution >= 0.6 is 0 Å². The molecule has 0 aromatic rings. The van der Waals surface area contributed by atoms with Gasteiger partial charge in [0.2, 0.25) is 0 Å². The third-order valence-corrected chi connectivity index (χ3v) is 7.10. The average molecular weight is 288 g/mol. The first-order chi connectivity index (χ1) is 10.2. The lowest BCUT2D eigenvalue weighted by atomic mass is 9.46. The molecule has 0 atom stereocenters. The lowest BCUT2D eigenvalue weighted by Gasteiger charge is -2.63. The topological polar surface area (TPSA) is 26.3 Å². The van der Waals surface area contributed by atoms with Crippen molar-refractivity contribution in [1.82, 2.24) is 0 Å². The van der Waals surface area contributed by atoms with Crippen molar-refractivity contribution >= 4 is 5.97 Å². The summed E-state index contributed by atoms with van der Waals surface area (Å²) >= 11 is 0.